The minimum atomic E-state index is -0.456. The fraction of sp³-hybridized carbons (Fsp3) is 0.529. The van der Waals surface area contributed by atoms with E-state index in [1.807, 2.05) is 45.4 Å². The number of carbonyl (C=O) groups excluding carboxylic acids is 2. The first kappa shape index (κ1) is 17.9. The SMILES string of the molecule is CC(C)n1ncc2cc(NC(=O)CCNC(=O)C(C)(C)C)cnc21. The Morgan fingerprint density at radius 3 is 2.58 bits per heavy atom. The van der Waals surface area contributed by atoms with Gasteiger partial charge in [0.15, 0.2) is 5.65 Å². The van der Waals surface area contributed by atoms with Gasteiger partial charge in [0.25, 0.3) is 0 Å². The third-order valence-corrected chi connectivity index (χ3v) is 3.53. The van der Waals surface area contributed by atoms with E-state index in [-0.39, 0.29) is 24.3 Å². The van der Waals surface area contributed by atoms with E-state index in [0.717, 1.165) is 11.0 Å². The number of nitrogens with one attached hydrogen (secondary N) is 2. The van der Waals surface area contributed by atoms with Gasteiger partial charge in [-0.25, -0.2) is 9.67 Å². The highest BCUT2D eigenvalue weighted by Crippen LogP contribution is 2.19. The molecule has 0 saturated heterocycles. The number of amides is 2. The number of carbonyl (C=O) groups is 2. The van der Waals surface area contributed by atoms with Crippen molar-refractivity contribution >= 4 is 28.5 Å². The summed E-state index contributed by atoms with van der Waals surface area (Å²) < 4.78 is 1.84. The lowest BCUT2D eigenvalue weighted by molar-refractivity contribution is -0.128. The number of hydrogen-bond acceptors (Lipinski definition) is 4. The molecule has 24 heavy (non-hydrogen) atoms. The second-order valence-electron chi connectivity index (χ2n) is 7.12. The maximum Gasteiger partial charge on any atom is 0.226 e. The number of aromatic nitrogens is 3. The van der Waals surface area contributed by atoms with Gasteiger partial charge < -0.3 is 10.6 Å². The van der Waals surface area contributed by atoms with Crippen molar-refractivity contribution in [2.24, 2.45) is 5.41 Å². The second kappa shape index (κ2) is 6.98. The van der Waals surface area contributed by atoms with Gasteiger partial charge in [0.2, 0.25) is 11.8 Å². The molecule has 7 heteroatoms. The Labute approximate surface area is 141 Å². The molecule has 0 aliphatic heterocycles. The minimum absolute atomic E-state index is 0.0699. The van der Waals surface area contributed by atoms with E-state index in [9.17, 15) is 9.59 Å². The number of rotatable bonds is 5. The fourth-order valence-corrected chi connectivity index (χ4v) is 2.16. The van der Waals surface area contributed by atoms with Crippen molar-refractivity contribution in [3.63, 3.8) is 0 Å². The molecule has 0 radical (unpaired) electrons. The first-order valence-corrected chi connectivity index (χ1v) is 8.10. The summed E-state index contributed by atoms with van der Waals surface area (Å²) in [6.45, 7) is 9.89. The molecule has 2 amide bonds. The van der Waals surface area contributed by atoms with Crippen LogP contribution in [0.3, 0.4) is 0 Å². The quantitative estimate of drug-likeness (QED) is 0.881. The van der Waals surface area contributed by atoms with Gasteiger partial charge >= 0.3 is 0 Å². The van der Waals surface area contributed by atoms with Crippen molar-refractivity contribution in [1.29, 1.82) is 0 Å². The van der Waals surface area contributed by atoms with Gasteiger partial charge in [0.1, 0.15) is 0 Å². The molecule has 0 saturated carbocycles. The molecule has 2 aromatic rings. The van der Waals surface area contributed by atoms with Gasteiger partial charge in [-0.1, -0.05) is 20.8 Å². The van der Waals surface area contributed by atoms with Crippen LogP contribution in [0.5, 0.6) is 0 Å². The number of pyridine rings is 1. The summed E-state index contributed by atoms with van der Waals surface area (Å²) in [6, 6.07) is 2.07. The minimum Gasteiger partial charge on any atom is -0.355 e. The normalized spacial score (nSPS) is 11.8. The average Bonchev–Trinajstić information content (AvgIpc) is 2.89. The molecule has 7 nitrogen and oxygen atoms in total. The molecule has 2 N–H and O–H groups in total. The Morgan fingerprint density at radius 1 is 1.25 bits per heavy atom. The molecule has 0 atom stereocenters. The molecule has 0 unspecified atom stereocenters. The number of hydrogen-bond donors (Lipinski definition) is 2. The Bertz CT molecular complexity index is 743. The lowest BCUT2D eigenvalue weighted by atomic mass is 9.96. The third kappa shape index (κ3) is 4.31. The van der Waals surface area contributed by atoms with Crippen molar-refractivity contribution in [2.75, 3.05) is 11.9 Å². The van der Waals surface area contributed by atoms with Crippen LogP contribution in [0.25, 0.3) is 11.0 Å². The van der Waals surface area contributed by atoms with Crippen molar-refractivity contribution in [3.8, 4) is 0 Å². The molecular weight excluding hydrogens is 306 g/mol. The highest BCUT2D eigenvalue weighted by Gasteiger charge is 2.20. The first-order valence-electron chi connectivity index (χ1n) is 8.10. The van der Waals surface area contributed by atoms with Crippen LogP contribution in [0.4, 0.5) is 5.69 Å². The molecule has 0 aliphatic rings. The maximum atomic E-state index is 12.0. The Morgan fingerprint density at radius 2 is 1.96 bits per heavy atom. The summed E-state index contributed by atoms with van der Waals surface area (Å²) in [6.07, 6.45) is 3.57. The largest absolute Gasteiger partial charge is 0.355 e. The Balaban J connectivity index is 1.92. The van der Waals surface area contributed by atoms with Gasteiger partial charge in [-0.3, -0.25) is 9.59 Å². The van der Waals surface area contributed by atoms with E-state index in [1.165, 1.54) is 0 Å². The molecule has 0 bridgehead atoms. The van der Waals surface area contributed by atoms with E-state index < -0.39 is 5.41 Å². The van der Waals surface area contributed by atoms with Gasteiger partial charge in [-0.05, 0) is 19.9 Å². The molecule has 0 aromatic carbocycles. The Hall–Kier alpha value is -2.44. The number of nitrogens with zero attached hydrogens (tertiary/aromatic N) is 3. The van der Waals surface area contributed by atoms with Crippen LogP contribution in [0.15, 0.2) is 18.5 Å². The molecule has 0 aliphatic carbocycles. The summed E-state index contributed by atoms with van der Waals surface area (Å²) in [5.74, 6) is -0.235. The van der Waals surface area contributed by atoms with Crippen molar-refractivity contribution in [3.05, 3.63) is 18.5 Å². The molecule has 2 rings (SSSR count). The topological polar surface area (TPSA) is 88.9 Å². The summed E-state index contributed by atoms with van der Waals surface area (Å²) in [7, 11) is 0. The van der Waals surface area contributed by atoms with Crippen molar-refractivity contribution < 1.29 is 9.59 Å². The van der Waals surface area contributed by atoms with Gasteiger partial charge in [-0.2, -0.15) is 5.10 Å². The van der Waals surface area contributed by atoms with Crippen molar-refractivity contribution in [1.82, 2.24) is 20.1 Å². The summed E-state index contributed by atoms with van der Waals surface area (Å²) in [5, 5.41) is 10.7. The summed E-state index contributed by atoms with van der Waals surface area (Å²) in [5.41, 5.74) is 0.959. The molecule has 2 aromatic heterocycles. The zero-order valence-corrected chi connectivity index (χ0v) is 14.9. The van der Waals surface area contributed by atoms with E-state index in [2.05, 4.69) is 20.7 Å². The molecular formula is C17H25N5O2. The van der Waals surface area contributed by atoms with Crippen LogP contribution in [0, 0.1) is 5.41 Å². The van der Waals surface area contributed by atoms with Crippen LogP contribution < -0.4 is 10.6 Å². The Kier molecular flexibility index (Phi) is 5.21. The van der Waals surface area contributed by atoms with Crippen LogP contribution in [0.2, 0.25) is 0 Å². The highest BCUT2D eigenvalue weighted by molar-refractivity contribution is 5.93. The highest BCUT2D eigenvalue weighted by atomic mass is 16.2. The average molecular weight is 331 g/mol. The third-order valence-electron chi connectivity index (χ3n) is 3.53. The predicted octanol–water partition coefficient (Wildman–Crippen LogP) is 2.50. The summed E-state index contributed by atoms with van der Waals surface area (Å²) >= 11 is 0. The van der Waals surface area contributed by atoms with E-state index >= 15 is 0 Å². The molecule has 0 spiro atoms. The van der Waals surface area contributed by atoms with Crippen LogP contribution in [-0.2, 0) is 9.59 Å². The van der Waals surface area contributed by atoms with Crippen LogP contribution in [-0.4, -0.2) is 33.1 Å². The lowest BCUT2D eigenvalue weighted by Gasteiger charge is -2.17. The zero-order valence-electron chi connectivity index (χ0n) is 14.9. The molecule has 2 heterocycles. The van der Waals surface area contributed by atoms with Crippen molar-refractivity contribution in [2.45, 2.75) is 47.1 Å². The first-order chi connectivity index (χ1) is 11.2. The zero-order chi connectivity index (χ0) is 17.9. The smallest absolute Gasteiger partial charge is 0.226 e. The monoisotopic (exact) mass is 331 g/mol. The van der Waals surface area contributed by atoms with Gasteiger partial charge in [0.05, 0.1) is 18.1 Å². The van der Waals surface area contributed by atoms with E-state index in [4.69, 9.17) is 0 Å². The number of anilines is 1. The number of fused-ring (bicyclic) bond motifs is 1. The second-order valence-corrected chi connectivity index (χ2v) is 7.12. The fourth-order valence-electron chi connectivity index (χ4n) is 2.16. The standard InChI is InChI=1S/C17H25N5O2/c1-11(2)22-15-12(9-20-22)8-13(10-19-15)21-14(23)6-7-18-16(24)17(3,4)5/h8-11H,6-7H2,1-5H3,(H,18,24)(H,21,23). The van der Waals surface area contributed by atoms with Crippen LogP contribution >= 0.6 is 0 Å². The summed E-state index contributed by atoms with van der Waals surface area (Å²) in [4.78, 5) is 28.1. The van der Waals surface area contributed by atoms with Gasteiger partial charge in [0, 0.05) is 29.8 Å². The lowest BCUT2D eigenvalue weighted by Crippen LogP contribution is -2.36. The van der Waals surface area contributed by atoms with E-state index in [1.54, 1.807) is 12.4 Å². The molecule has 0 fully saturated rings. The van der Waals surface area contributed by atoms with Crippen LogP contribution in [0.1, 0.15) is 47.1 Å². The predicted molar refractivity (Wildman–Crippen MR) is 93.6 cm³/mol. The van der Waals surface area contributed by atoms with E-state index in [0.29, 0.717) is 12.2 Å². The maximum absolute atomic E-state index is 12.0. The molecule has 130 valence electrons. The van der Waals surface area contributed by atoms with Gasteiger partial charge in [-0.15, -0.1) is 0 Å².